The van der Waals surface area contributed by atoms with Crippen molar-refractivity contribution in [2.75, 3.05) is 0 Å². The second-order valence-corrected chi connectivity index (χ2v) is 4.90. The van der Waals surface area contributed by atoms with Crippen molar-refractivity contribution >= 4 is 5.97 Å². The molecule has 0 aromatic heterocycles. The van der Waals surface area contributed by atoms with Crippen LogP contribution in [0.1, 0.15) is 36.8 Å². The average molecular weight is 243 g/mol. The van der Waals surface area contributed by atoms with Crippen molar-refractivity contribution in [2.24, 2.45) is 5.41 Å². The maximum Gasteiger partial charge on any atom is 0.326 e. The van der Waals surface area contributed by atoms with Gasteiger partial charge in [0, 0.05) is 0 Å². The van der Waals surface area contributed by atoms with E-state index in [1.54, 1.807) is 0 Å². The fourth-order valence-electron chi connectivity index (χ4n) is 2.39. The molecule has 18 heavy (non-hydrogen) atoms. The number of aryl methyl sites for hydroxylation is 1. The zero-order valence-electron chi connectivity index (χ0n) is 10.6. The minimum Gasteiger partial charge on any atom is -0.460 e. The number of esters is 1. The maximum absolute atomic E-state index is 12.0. The summed E-state index contributed by atoms with van der Waals surface area (Å²) in [5.74, 6) is -0.356. The van der Waals surface area contributed by atoms with Gasteiger partial charge in [0.25, 0.3) is 0 Å². The fourth-order valence-corrected chi connectivity index (χ4v) is 2.39. The van der Waals surface area contributed by atoms with E-state index in [0.29, 0.717) is 12.8 Å². The van der Waals surface area contributed by atoms with Crippen LogP contribution in [0, 0.1) is 23.7 Å². The van der Waals surface area contributed by atoms with Gasteiger partial charge >= 0.3 is 5.97 Å². The zero-order chi connectivity index (χ0) is 13.0. The Labute approximate surface area is 107 Å². The summed E-state index contributed by atoms with van der Waals surface area (Å²) < 4.78 is 5.33. The van der Waals surface area contributed by atoms with Crippen LogP contribution in [0.5, 0.6) is 0 Å². The van der Waals surface area contributed by atoms with Gasteiger partial charge in [-0.3, -0.25) is 4.79 Å². The molecule has 0 saturated heterocycles. The summed E-state index contributed by atoms with van der Waals surface area (Å²) in [4.78, 5) is 12.0. The van der Waals surface area contributed by atoms with E-state index in [-0.39, 0.29) is 12.6 Å². The first-order valence-corrected chi connectivity index (χ1v) is 6.31. The van der Waals surface area contributed by atoms with Crippen LogP contribution < -0.4 is 0 Å². The predicted octanol–water partition coefficient (Wildman–Crippen LogP) is 3.12. The second-order valence-electron chi connectivity index (χ2n) is 4.90. The predicted molar refractivity (Wildman–Crippen MR) is 67.5 cm³/mol. The molecule has 2 rings (SSSR count). The highest BCUT2D eigenvalue weighted by molar-refractivity contribution is 5.80. The van der Waals surface area contributed by atoms with Crippen LogP contribution in [-0.2, 0) is 16.1 Å². The van der Waals surface area contributed by atoms with Crippen molar-refractivity contribution in [3.05, 3.63) is 35.4 Å². The number of hydrogen-bond donors (Lipinski definition) is 0. The lowest BCUT2D eigenvalue weighted by Gasteiger charge is -2.18. The molecule has 0 N–H and O–H groups in total. The molecule has 1 aromatic rings. The number of nitrogens with zero attached hydrogens (tertiary/aromatic N) is 1. The third kappa shape index (κ3) is 2.38. The van der Waals surface area contributed by atoms with Gasteiger partial charge < -0.3 is 4.74 Å². The third-order valence-electron chi connectivity index (χ3n) is 3.68. The minimum atomic E-state index is -0.886. The second kappa shape index (κ2) is 5.22. The Hall–Kier alpha value is -1.82. The first-order valence-electron chi connectivity index (χ1n) is 6.31. The Morgan fingerprint density at radius 1 is 1.39 bits per heavy atom. The van der Waals surface area contributed by atoms with E-state index in [0.717, 1.165) is 24.0 Å². The molecule has 1 saturated carbocycles. The molecular weight excluding hydrogens is 226 g/mol. The summed E-state index contributed by atoms with van der Waals surface area (Å²) in [7, 11) is 0. The molecule has 3 nitrogen and oxygen atoms in total. The Kier molecular flexibility index (Phi) is 3.66. The van der Waals surface area contributed by atoms with E-state index in [1.165, 1.54) is 0 Å². The van der Waals surface area contributed by atoms with Crippen LogP contribution in [0.15, 0.2) is 24.3 Å². The molecule has 1 aliphatic rings. The molecule has 1 aliphatic carbocycles. The van der Waals surface area contributed by atoms with Gasteiger partial charge in [0.2, 0.25) is 0 Å². The molecule has 0 unspecified atom stereocenters. The standard InChI is InChI=1S/C15H17NO2/c1-12-6-2-3-7-13(12)10-18-14(17)15(11-16)8-4-5-9-15/h2-3,6-7H,4-5,8-10H2,1H3. The number of hydrogen-bond acceptors (Lipinski definition) is 3. The molecule has 0 radical (unpaired) electrons. The highest BCUT2D eigenvalue weighted by Crippen LogP contribution is 2.38. The zero-order valence-corrected chi connectivity index (χ0v) is 10.6. The Bertz CT molecular complexity index is 482. The SMILES string of the molecule is Cc1ccccc1COC(=O)C1(C#N)CCCC1. The van der Waals surface area contributed by atoms with Gasteiger partial charge in [-0.15, -0.1) is 0 Å². The summed E-state index contributed by atoms with van der Waals surface area (Å²) in [6, 6.07) is 9.95. The van der Waals surface area contributed by atoms with Crippen LogP contribution in [0.25, 0.3) is 0 Å². The number of nitriles is 1. The van der Waals surface area contributed by atoms with Crippen molar-refractivity contribution in [3.8, 4) is 6.07 Å². The quantitative estimate of drug-likeness (QED) is 0.766. The van der Waals surface area contributed by atoms with Crippen LogP contribution >= 0.6 is 0 Å². The lowest BCUT2D eigenvalue weighted by atomic mass is 9.88. The monoisotopic (exact) mass is 243 g/mol. The highest BCUT2D eigenvalue weighted by Gasteiger charge is 2.43. The fraction of sp³-hybridized carbons (Fsp3) is 0.467. The number of carbonyl (C=O) groups excluding carboxylic acids is 1. The minimum absolute atomic E-state index is 0.259. The van der Waals surface area contributed by atoms with Gasteiger partial charge in [-0.05, 0) is 30.9 Å². The molecule has 0 heterocycles. The van der Waals surface area contributed by atoms with Crippen molar-refractivity contribution in [1.82, 2.24) is 0 Å². The number of benzene rings is 1. The van der Waals surface area contributed by atoms with Crippen LogP contribution in [-0.4, -0.2) is 5.97 Å². The van der Waals surface area contributed by atoms with Gasteiger partial charge in [0.15, 0.2) is 5.41 Å². The molecule has 0 amide bonds. The summed E-state index contributed by atoms with van der Waals surface area (Å²) in [6.07, 6.45) is 3.15. The van der Waals surface area contributed by atoms with E-state index < -0.39 is 5.41 Å². The van der Waals surface area contributed by atoms with Gasteiger partial charge in [-0.1, -0.05) is 37.1 Å². The Morgan fingerprint density at radius 3 is 2.67 bits per heavy atom. The Balaban J connectivity index is 2.01. The molecule has 1 aromatic carbocycles. The van der Waals surface area contributed by atoms with Gasteiger partial charge in [0.1, 0.15) is 6.61 Å². The summed E-state index contributed by atoms with van der Waals surface area (Å²) in [5, 5.41) is 9.19. The van der Waals surface area contributed by atoms with Crippen molar-refractivity contribution in [1.29, 1.82) is 5.26 Å². The van der Waals surface area contributed by atoms with E-state index in [9.17, 15) is 10.1 Å². The summed E-state index contributed by atoms with van der Waals surface area (Å²) in [5.41, 5.74) is 1.21. The van der Waals surface area contributed by atoms with Gasteiger partial charge in [0.05, 0.1) is 6.07 Å². The highest BCUT2D eigenvalue weighted by atomic mass is 16.5. The van der Waals surface area contributed by atoms with E-state index in [2.05, 4.69) is 6.07 Å². The normalized spacial score (nSPS) is 17.1. The molecule has 3 heteroatoms. The summed E-state index contributed by atoms with van der Waals surface area (Å²) >= 11 is 0. The first-order chi connectivity index (χ1) is 8.68. The van der Waals surface area contributed by atoms with Crippen LogP contribution in [0.3, 0.4) is 0 Å². The lowest BCUT2D eigenvalue weighted by Crippen LogP contribution is -2.28. The van der Waals surface area contributed by atoms with Crippen molar-refractivity contribution in [2.45, 2.75) is 39.2 Å². The largest absolute Gasteiger partial charge is 0.460 e. The first kappa shape index (κ1) is 12.6. The average Bonchev–Trinajstić information content (AvgIpc) is 2.87. The molecule has 0 spiro atoms. The maximum atomic E-state index is 12.0. The smallest absolute Gasteiger partial charge is 0.326 e. The van der Waals surface area contributed by atoms with E-state index >= 15 is 0 Å². The number of carbonyl (C=O) groups is 1. The van der Waals surface area contributed by atoms with Gasteiger partial charge in [-0.25, -0.2) is 0 Å². The number of ether oxygens (including phenoxy) is 1. The number of rotatable bonds is 3. The van der Waals surface area contributed by atoms with E-state index in [4.69, 9.17) is 4.74 Å². The molecule has 0 bridgehead atoms. The lowest BCUT2D eigenvalue weighted by molar-refractivity contribution is -0.153. The van der Waals surface area contributed by atoms with Gasteiger partial charge in [-0.2, -0.15) is 5.26 Å². The molecule has 94 valence electrons. The Morgan fingerprint density at radius 2 is 2.06 bits per heavy atom. The summed E-state index contributed by atoms with van der Waals surface area (Å²) in [6.45, 7) is 2.24. The molecule has 0 atom stereocenters. The van der Waals surface area contributed by atoms with Crippen molar-refractivity contribution < 1.29 is 9.53 Å². The van der Waals surface area contributed by atoms with Crippen molar-refractivity contribution in [3.63, 3.8) is 0 Å². The third-order valence-corrected chi connectivity index (χ3v) is 3.68. The molecule has 0 aliphatic heterocycles. The van der Waals surface area contributed by atoms with E-state index in [1.807, 2.05) is 31.2 Å². The van der Waals surface area contributed by atoms with Crippen LogP contribution in [0.2, 0.25) is 0 Å². The molecule has 1 fully saturated rings. The topological polar surface area (TPSA) is 50.1 Å². The van der Waals surface area contributed by atoms with Crippen LogP contribution in [0.4, 0.5) is 0 Å². The molecular formula is C15H17NO2.